The van der Waals surface area contributed by atoms with Gasteiger partial charge in [-0.05, 0) is 38.9 Å². The van der Waals surface area contributed by atoms with Crippen LogP contribution in [0.2, 0.25) is 0 Å². The summed E-state index contributed by atoms with van der Waals surface area (Å²) >= 11 is 0. The van der Waals surface area contributed by atoms with Gasteiger partial charge in [-0.25, -0.2) is 0 Å². The molecule has 0 aromatic heterocycles. The maximum absolute atomic E-state index is 13.3. The van der Waals surface area contributed by atoms with Gasteiger partial charge in [0, 0.05) is 26.2 Å². The van der Waals surface area contributed by atoms with Crippen molar-refractivity contribution in [2.75, 3.05) is 52.9 Å². The van der Waals surface area contributed by atoms with Crippen LogP contribution in [0.1, 0.15) is 175 Å². The van der Waals surface area contributed by atoms with Gasteiger partial charge in [0.05, 0.1) is 6.54 Å². The molecule has 0 radical (unpaired) electrons. The molecular formula is C37H75N3O. The minimum absolute atomic E-state index is 0.372. The fourth-order valence-electron chi connectivity index (χ4n) is 6.49. The average molecular weight is 578 g/mol. The third-order valence-corrected chi connectivity index (χ3v) is 9.58. The lowest BCUT2D eigenvalue weighted by atomic mass is 9.91. The predicted octanol–water partition coefficient (Wildman–Crippen LogP) is 10.1. The molecule has 0 spiro atoms. The zero-order valence-electron chi connectivity index (χ0n) is 28.7. The summed E-state index contributed by atoms with van der Waals surface area (Å²) in [6.07, 6.45) is 33.2. The highest BCUT2D eigenvalue weighted by atomic mass is 16.2. The van der Waals surface area contributed by atoms with E-state index in [1.807, 2.05) is 0 Å². The second-order valence-corrected chi connectivity index (χ2v) is 13.6. The van der Waals surface area contributed by atoms with E-state index in [9.17, 15) is 4.79 Å². The van der Waals surface area contributed by atoms with Gasteiger partial charge in [0.25, 0.3) is 0 Å². The van der Waals surface area contributed by atoms with Crippen molar-refractivity contribution in [3.63, 3.8) is 0 Å². The zero-order valence-corrected chi connectivity index (χ0v) is 28.7. The number of carbonyl (C=O) groups is 1. The third-order valence-electron chi connectivity index (χ3n) is 9.58. The van der Waals surface area contributed by atoms with Crippen molar-refractivity contribution in [1.82, 2.24) is 14.7 Å². The fourth-order valence-corrected chi connectivity index (χ4v) is 6.49. The molecule has 0 N–H and O–H groups in total. The summed E-state index contributed by atoms with van der Waals surface area (Å²) in [6.45, 7) is 13.6. The van der Waals surface area contributed by atoms with E-state index in [0.717, 1.165) is 45.2 Å². The van der Waals surface area contributed by atoms with E-state index in [-0.39, 0.29) is 0 Å². The van der Waals surface area contributed by atoms with E-state index in [0.29, 0.717) is 12.5 Å². The van der Waals surface area contributed by atoms with Gasteiger partial charge in [-0.3, -0.25) is 9.69 Å². The molecule has 1 rings (SSSR count). The molecular weight excluding hydrogens is 502 g/mol. The van der Waals surface area contributed by atoms with Crippen molar-refractivity contribution < 1.29 is 4.79 Å². The molecule has 0 atom stereocenters. The molecule has 1 aliphatic rings. The summed E-state index contributed by atoms with van der Waals surface area (Å²) in [4.78, 5) is 20.3. The van der Waals surface area contributed by atoms with E-state index in [2.05, 4.69) is 42.5 Å². The number of unbranched alkanes of at least 4 members (excludes halogenated alkanes) is 18. The number of hydrogen-bond donors (Lipinski definition) is 0. The van der Waals surface area contributed by atoms with E-state index in [1.54, 1.807) is 0 Å². The summed E-state index contributed by atoms with van der Waals surface area (Å²) < 4.78 is 0. The molecule has 0 aromatic rings. The monoisotopic (exact) mass is 578 g/mol. The minimum atomic E-state index is 0.372. The van der Waals surface area contributed by atoms with Crippen LogP contribution in [0.25, 0.3) is 0 Å². The Morgan fingerprint density at radius 2 is 0.951 bits per heavy atom. The van der Waals surface area contributed by atoms with Crippen molar-refractivity contribution >= 4 is 5.91 Å². The second-order valence-electron chi connectivity index (χ2n) is 13.6. The number of piperazine rings is 1. The Morgan fingerprint density at radius 1 is 0.537 bits per heavy atom. The van der Waals surface area contributed by atoms with E-state index in [1.165, 1.54) is 154 Å². The van der Waals surface area contributed by atoms with E-state index in [4.69, 9.17) is 0 Å². The van der Waals surface area contributed by atoms with E-state index < -0.39 is 0 Å². The Morgan fingerprint density at radius 3 is 1.41 bits per heavy atom. The molecule has 0 aliphatic carbocycles. The molecule has 1 aliphatic heterocycles. The Bertz CT molecular complexity index is 542. The Kier molecular flexibility index (Phi) is 26.4. The quantitative estimate of drug-likeness (QED) is 0.0828. The molecule has 1 heterocycles. The molecule has 1 amide bonds. The third kappa shape index (κ3) is 22.6. The predicted molar refractivity (Wildman–Crippen MR) is 182 cm³/mol. The van der Waals surface area contributed by atoms with Gasteiger partial charge in [0.15, 0.2) is 0 Å². The van der Waals surface area contributed by atoms with Crippen LogP contribution in [-0.4, -0.2) is 73.5 Å². The number of amides is 1. The molecule has 4 nitrogen and oxygen atoms in total. The smallest absolute Gasteiger partial charge is 0.236 e. The maximum Gasteiger partial charge on any atom is 0.236 e. The standard InChI is InChI=1S/C37H75N3O/c1-5-8-11-14-17-20-23-26-36(27-24-21-18-15-12-9-6-2)28-30-39(29-25-22-19-16-13-10-7-3)35-37(41)40-33-31-38(4)32-34-40/h36H,5-35H2,1-4H3. The number of rotatable bonds is 29. The Labute approximate surface area is 258 Å². The summed E-state index contributed by atoms with van der Waals surface area (Å²) in [5, 5.41) is 0. The van der Waals surface area contributed by atoms with Crippen molar-refractivity contribution in [1.29, 1.82) is 0 Å². The van der Waals surface area contributed by atoms with Crippen LogP contribution in [-0.2, 0) is 4.79 Å². The van der Waals surface area contributed by atoms with Crippen LogP contribution >= 0.6 is 0 Å². The lowest BCUT2D eigenvalue weighted by Gasteiger charge is -2.34. The molecule has 0 unspecified atom stereocenters. The average Bonchev–Trinajstić information content (AvgIpc) is 2.98. The Hall–Kier alpha value is -0.610. The first-order chi connectivity index (χ1) is 20.1. The first kappa shape index (κ1) is 38.4. The van der Waals surface area contributed by atoms with Crippen molar-refractivity contribution in [2.24, 2.45) is 5.92 Å². The van der Waals surface area contributed by atoms with Crippen LogP contribution in [0.3, 0.4) is 0 Å². The van der Waals surface area contributed by atoms with Crippen molar-refractivity contribution in [3.05, 3.63) is 0 Å². The molecule has 0 bridgehead atoms. The van der Waals surface area contributed by atoms with Gasteiger partial charge in [0.2, 0.25) is 5.91 Å². The highest BCUT2D eigenvalue weighted by Gasteiger charge is 2.22. The van der Waals surface area contributed by atoms with Crippen molar-refractivity contribution in [3.8, 4) is 0 Å². The number of carbonyl (C=O) groups excluding carboxylic acids is 1. The minimum Gasteiger partial charge on any atom is -0.339 e. The van der Waals surface area contributed by atoms with Crippen LogP contribution in [0.15, 0.2) is 0 Å². The Balaban J connectivity index is 2.57. The van der Waals surface area contributed by atoms with Crippen LogP contribution in [0, 0.1) is 5.92 Å². The molecule has 1 saturated heterocycles. The molecule has 4 heteroatoms. The summed E-state index contributed by atoms with van der Waals surface area (Å²) in [6, 6.07) is 0. The highest BCUT2D eigenvalue weighted by Crippen LogP contribution is 2.23. The van der Waals surface area contributed by atoms with Crippen LogP contribution < -0.4 is 0 Å². The van der Waals surface area contributed by atoms with Gasteiger partial charge in [0.1, 0.15) is 0 Å². The fraction of sp³-hybridized carbons (Fsp3) is 0.973. The zero-order chi connectivity index (χ0) is 29.8. The first-order valence-corrected chi connectivity index (χ1v) is 18.8. The van der Waals surface area contributed by atoms with Gasteiger partial charge in [-0.2, -0.15) is 0 Å². The summed E-state index contributed by atoms with van der Waals surface area (Å²) in [7, 11) is 2.17. The maximum atomic E-state index is 13.3. The molecule has 1 fully saturated rings. The van der Waals surface area contributed by atoms with E-state index >= 15 is 0 Å². The van der Waals surface area contributed by atoms with Gasteiger partial charge < -0.3 is 9.80 Å². The first-order valence-electron chi connectivity index (χ1n) is 18.8. The number of likely N-dealkylation sites (N-methyl/N-ethyl adjacent to an activating group) is 1. The molecule has 41 heavy (non-hydrogen) atoms. The van der Waals surface area contributed by atoms with Crippen LogP contribution in [0.4, 0.5) is 0 Å². The lowest BCUT2D eigenvalue weighted by Crippen LogP contribution is -2.50. The second kappa shape index (κ2) is 28.2. The van der Waals surface area contributed by atoms with Crippen molar-refractivity contribution in [2.45, 2.75) is 175 Å². The van der Waals surface area contributed by atoms with Gasteiger partial charge >= 0.3 is 0 Å². The number of nitrogens with zero attached hydrogens (tertiary/aromatic N) is 3. The molecule has 0 aromatic carbocycles. The summed E-state index contributed by atoms with van der Waals surface area (Å²) in [5.41, 5.74) is 0. The summed E-state index contributed by atoms with van der Waals surface area (Å²) in [5.74, 6) is 1.22. The van der Waals surface area contributed by atoms with Crippen LogP contribution in [0.5, 0.6) is 0 Å². The molecule has 244 valence electrons. The van der Waals surface area contributed by atoms with Gasteiger partial charge in [-0.1, -0.05) is 162 Å². The number of hydrogen-bond acceptors (Lipinski definition) is 3. The molecule has 0 saturated carbocycles. The SMILES string of the molecule is CCCCCCCCCC(CCCCCCCCC)CCN(CCCCCCCCC)CC(=O)N1CCN(C)CC1. The lowest BCUT2D eigenvalue weighted by molar-refractivity contribution is -0.134. The normalized spacial score (nSPS) is 14.5. The largest absolute Gasteiger partial charge is 0.339 e. The highest BCUT2D eigenvalue weighted by molar-refractivity contribution is 5.78. The topological polar surface area (TPSA) is 26.8 Å². The van der Waals surface area contributed by atoms with Gasteiger partial charge in [-0.15, -0.1) is 0 Å².